The second-order valence-corrected chi connectivity index (χ2v) is 6.43. The van der Waals surface area contributed by atoms with Gasteiger partial charge >= 0.3 is 4.94 Å². The van der Waals surface area contributed by atoms with Gasteiger partial charge in [0, 0.05) is 11.1 Å². The van der Waals surface area contributed by atoms with Gasteiger partial charge in [-0.15, -0.1) is 0 Å². The molecule has 0 atom stereocenters. The van der Waals surface area contributed by atoms with Crippen molar-refractivity contribution >= 4 is 38.9 Å². The summed E-state index contributed by atoms with van der Waals surface area (Å²) in [5, 5.41) is 21.6. The Kier molecular flexibility index (Phi) is 5.38. The maximum atomic E-state index is 11.3. The highest BCUT2D eigenvalue weighted by Gasteiger charge is 2.20. The Morgan fingerprint density at radius 2 is 2.00 bits per heavy atom. The molecule has 0 aliphatic heterocycles. The lowest BCUT2D eigenvalue weighted by atomic mass is 9.97. The van der Waals surface area contributed by atoms with Gasteiger partial charge in [0.15, 0.2) is 10.3 Å². The Hall–Kier alpha value is -1.64. The molecule has 1 aromatic heterocycles. The predicted molar refractivity (Wildman–Crippen MR) is 81.2 cm³/mol. The third-order valence-corrected chi connectivity index (χ3v) is 4.54. The quantitative estimate of drug-likeness (QED) is 0.625. The standard InChI is InChI=1S/C7H2ClNO5S.C6H13N/c8-2-1-3-6(15-7(11)14-3)4(5(2)10)9(12)13;7-6-4-2-1-3-5-6/h1,10H;6H,1-5,7H2. The normalized spacial score (nSPS) is 15.4. The van der Waals surface area contributed by atoms with Crippen molar-refractivity contribution < 1.29 is 20.2 Å². The van der Waals surface area contributed by atoms with E-state index in [1.165, 1.54) is 32.1 Å². The molecule has 22 heavy (non-hydrogen) atoms. The zero-order chi connectivity index (χ0) is 16.3. The van der Waals surface area contributed by atoms with E-state index >= 15 is 0 Å². The first-order valence-corrected chi connectivity index (χ1v) is 8.00. The van der Waals surface area contributed by atoms with Crippen LogP contribution in [-0.4, -0.2) is 11.0 Å². The monoisotopic (exact) mass is 346 g/mol. The van der Waals surface area contributed by atoms with Crippen molar-refractivity contribution in [1.29, 1.82) is 0 Å². The van der Waals surface area contributed by atoms with Crippen LogP contribution in [0.1, 0.15) is 32.1 Å². The first kappa shape index (κ1) is 16.7. The van der Waals surface area contributed by atoms with Gasteiger partial charge in [-0.1, -0.05) is 18.0 Å². The van der Waals surface area contributed by atoms with Gasteiger partial charge in [-0.3, -0.25) is 10.1 Å². The Morgan fingerprint density at radius 3 is 2.50 bits per heavy atom. The minimum absolute atomic E-state index is 0.0405. The largest absolute Gasteiger partial charge is 0.867 e. The zero-order valence-electron chi connectivity index (χ0n) is 11.7. The van der Waals surface area contributed by atoms with E-state index in [1.807, 2.05) is 0 Å². The van der Waals surface area contributed by atoms with Crippen LogP contribution in [0.3, 0.4) is 0 Å². The molecule has 3 N–H and O–H groups in total. The fourth-order valence-corrected chi connectivity index (χ4v) is 3.25. The molecule has 0 spiro atoms. The van der Waals surface area contributed by atoms with E-state index in [4.69, 9.17) is 11.6 Å². The summed E-state index contributed by atoms with van der Waals surface area (Å²) >= 11 is 5.98. The minimum atomic E-state index is -0.911. The first-order chi connectivity index (χ1) is 10.4. The van der Waals surface area contributed by atoms with Gasteiger partial charge in [-0.25, -0.2) is 4.79 Å². The number of hydrogen-bond acceptors (Lipinski definition) is 6. The van der Waals surface area contributed by atoms with Crippen LogP contribution in [0.4, 0.5) is 5.69 Å². The molecule has 0 unspecified atom stereocenters. The summed E-state index contributed by atoms with van der Waals surface area (Å²) < 4.78 is 4.55. The zero-order valence-corrected chi connectivity index (χ0v) is 13.2. The van der Waals surface area contributed by atoms with E-state index in [0.717, 1.165) is 12.1 Å². The van der Waals surface area contributed by atoms with E-state index in [-0.39, 0.29) is 15.3 Å². The molecule has 1 heterocycles. The van der Waals surface area contributed by atoms with Gasteiger partial charge in [0.05, 0.1) is 11.0 Å². The third-order valence-electron chi connectivity index (χ3n) is 3.41. The van der Waals surface area contributed by atoms with Crippen LogP contribution in [0.5, 0.6) is 5.75 Å². The van der Waals surface area contributed by atoms with Crippen LogP contribution in [-0.2, 0) is 0 Å². The number of nitrogens with zero attached hydrogens (tertiary/aromatic N) is 1. The number of fused-ring (bicyclic) bond motifs is 1. The van der Waals surface area contributed by atoms with Crippen molar-refractivity contribution in [3.63, 3.8) is 0 Å². The van der Waals surface area contributed by atoms with E-state index in [1.54, 1.807) is 0 Å². The molecule has 120 valence electrons. The van der Waals surface area contributed by atoms with Crippen molar-refractivity contribution in [3.05, 3.63) is 30.9 Å². The SMILES string of the molecule is O=c1oc2cc(Cl)c([O-])c([N+](=O)[O-])c2s1.[NH3+]C1CCCCC1. The summed E-state index contributed by atoms with van der Waals surface area (Å²) in [6.45, 7) is 0. The van der Waals surface area contributed by atoms with Crippen LogP contribution in [0.2, 0.25) is 5.02 Å². The Labute approximate surface area is 134 Å². The van der Waals surface area contributed by atoms with Crippen LogP contribution in [0.25, 0.3) is 10.3 Å². The summed E-state index contributed by atoms with van der Waals surface area (Å²) in [4.78, 5) is 19.9. The molecule has 0 saturated heterocycles. The second-order valence-electron chi connectivity index (χ2n) is 5.08. The number of quaternary nitrogens is 1. The predicted octanol–water partition coefficient (Wildman–Crippen LogP) is 2.05. The number of nitro benzene ring substituents is 1. The van der Waals surface area contributed by atoms with Crippen LogP contribution >= 0.6 is 22.9 Å². The lowest BCUT2D eigenvalue weighted by Crippen LogP contribution is -2.61. The van der Waals surface area contributed by atoms with Crippen LogP contribution < -0.4 is 15.8 Å². The molecule has 7 nitrogen and oxygen atoms in total. The molecule has 1 aliphatic rings. The van der Waals surface area contributed by atoms with Crippen molar-refractivity contribution in [2.75, 3.05) is 0 Å². The summed E-state index contributed by atoms with van der Waals surface area (Å²) in [6, 6.07) is 1.89. The highest BCUT2D eigenvalue weighted by atomic mass is 35.5. The summed E-state index contributed by atoms with van der Waals surface area (Å²) in [6.07, 6.45) is 7.05. The molecule has 1 aliphatic carbocycles. The Balaban J connectivity index is 0.000000211. The lowest BCUT2D eigenvalue weighted by molar-refractivity contribution is -0.425. The number of rotatable bonds is 1. The van der Waals surface area contributed by atoms with Crippen molar-refractivity contribution in [1.82, 2.24) is 0 Å². The van der Waals surface area contributed by atoms with E-state index in [0.29, 0.717) is 11.3 Å². The number of hydrogen-bond donors (Lipinski definition) is 1. The van der Waals surface area contributed by atoms with Gasteiger partial charge in [-0.2, -0.15) is 0 Å². The van der Waals surface area contributed by atoms with Crippen molar-refractivity contribution in [3.8, 4) is 5.75 Å². The molecule has 0 radical (unpaired) electrons. The highest BCUT2D eigenvalue weighted by molar-refractivity contribution is 7.16. The van der Waals surface area contributed by atoms with E-state index < -0.39 is 21.3 Å². The topological polar surface area (TPSA) is 124 Å². The van der Waals surface area contributed by atoms with Crippen molar-refractivity contribution in [2.45, 2.75) is 38.1 Å². The fraction of sp³-hybridized carbons (Fsp3) is 0.462. The molecular formula is C13H15ClN2O5S. The molecular weight excluding hydrogens is 332 g/mol. The maximum Gasteiger partial charge on any atom is 0.396 e. The smallest absolute Gasteiger partial charge is 0.396 e. The van der Waals surface area contributed by atoms with Crippen LogP contribution in [0, 0.1) is 10.1 Å². The molecule has 1 fully saturated rings. The summed E-state index contributed by atoms with van der Waals surface area (Å²) in [5.41, 5.74) is 3.24. The molecule has 2 aromatic rings. The average Bonchev–Trinajstić information content (AvgIpc) is 2.80. The first-order valence-electron chi connectivity index (χ1n) is 6.80. The van der Waals surface area contributed by atoms with Crippen LogP contribution in [0.15, 0.2) is 15.3 Å². The van der Waals surface area contributed by atoms with E-state index in [9.17, 15) is 20.0 Å². The maximum absolute atomic E-state index is 11.3. The average molecular weight is 347 g/mol. The second kappa shape index (κ2) is 7.08. The molecule has 0 amide bonds. The Bertz CT molecular complexity index is 736. The molecule has 0 bridgehead atoms. The van der Waals surface area contributed by atoms with Crippen molar-refractivity contribution in [2.24, 2.45) is 0 Å². The molecule has 9 heteroatoms. The van der Waals surface area contributed by atoms with Gasteiger partial charge in [-0.05, 0) is 42.8 Å². The third kappa shape index (κ3) is 3.76. The van der Waals surface area contributed by atoms with E-state index in [2.05, 4.69) is 10.2 Å². The molecule has 1 saturated carbocycles. The highest BCUT2D eigenvalue weighted by Crippen LogP contribution is 2.39. The Morgan fingerprint density at radius 1 is 1.36 bits per heavy atom. The summed E-state index contributed by atoms with van der Waals surface area (Å²) in [7, 11) is 0. The fourth-order valence-electron chi connectivity index (χ4n) is 2.30. The summed E-state index contributed by atoms with van der Waals surface area (Å²) in [5.74, 6) is -0.911. The molecule has 3 rings (SSSR count). The number of benzene rings is 1. The molecule has 1 aromatic carbocycles. The van der Waals surface area contributed by atoms with Gasteiger partial charge < -0.3 is 15.3 Å². The minimum Gasteiger partial charge on any atom is -0.867 e. The number of halogens is 1. The van der Waals surface area contributed by atoms with Gasteiger partial charge in [0.2, 0.25) is 0 Å². The lowest BCUT2D eigenvalue weighted by Gasteiger charge is -2.12. The van der Waals surface area contributed by atoms with Gasteiger partial charge in [0.25, 0.3) is 5.69 Å². The number of nitro groups is 1. The van der Waals surface area contributed by atoms with Gasteiger partial charge in [0.1, 0.15) is 0 Å².